The smallest absolute Gasteiger partial charge is 0.342 e. The van der Waals surface area contributed by atoms with Crippen LogP contribution in [0.15, 0.2) is 36.4 Å². The standard InChI is InChI=1S/C20H18FN3O3/c1-4-24(13-6-8-17(26-2)15(21)10-13)19-18(20(25)27-3)14-7-5-12(11-22)9-16(14)23-19/h5-10,23H,4H2,1-3H3. The van der Waals surface area contributed by atoms with Gasteiger partial charge in [0.05, 0.1) is 25.9 Å². The fraction of sp³-hybridized carbons (Fsp3) is 0.200. The summed E-state index contributed by atoms with van der Waals surface area (Å²) in [5.74, 6) is -0.415. The van der Waals surface area contributed by atoms with E-state index in [1.165, 1.54) is 26.4 Å². The van der Waals surface area contributed by atoms with Crippen LogP contribution < -0.4 is 9.64 Å². The summed E-state index contributed by atoms with van der Waals surface area (Å²) in [5, 5.41) is 9.75. The number of nitriles is 1. The molecule has 27 heavy (non-hydrogen) atoms. The van der Waals surface area contributed by atoms with E-state index < -0.39 is 11.8 Å². The molecular formula is C20H18FN3O3. The van der Waals surface area contributed by atoms with Crippen LogP contribution in [-0.2, 0) is 4.74 Å². The van der Waals surface area contributed by atoms with Crippen LogP contribution in [0.5, 0.6) is 5.75 Å². The number of halogens is 1. The number of aromatic nitrogens is 1. The third-order valence-electron chi connectivity index (χ3n) is 4.33. The largest absolute Gasteiger partial charge is 0.494 e. The van der Waals surface area contributed by atoms with Crippen molar-refractivity contribution in [3.8, 4) is 11.8 Å². The van der Waals surface area contributed by atoms with Crippen LogP contribution in [0, 0.1) is 17.1 Å². The van der Waals surface area contributed by atoms with E-state index in [4.69, 9.17) is 14.7 Å². The molecule has 0 unspecified atom stereocenters. The number of methoxy groups -OCH3 is 2. The lowest BCUT2D eigenvalue weighted by Gasteiger charge is -2.23. The van der Waals surface area contributed by atoms with Crippen LogP contribution in [-0.4, -0.2) is 31.7 Å². The van der Waals surface area contributed by atoms with Crippen LogP contribution in [0.3, 0.4) is 0 Å². The van der Waals surface area contributed by atoms with Crippen molar-refractivity contribution in [1.82, 2.24) is 4.98 Å². The number of H-pyrrole nitrogens is 1. The number of nitrogens with zero attached hydrogens (tertiary/aromatic N) is 2. The molecular weight excluding hydrogens is 349 g/mol. The molecule has 138 valence electrons. The molecule has 1 heterocycles. The molecule has 0 amide bonds. The number of hydrogen-bond acceptors (Lipinski definition) is 5. The average molecular weight is 367 g/mol. The molecule has 7 heteroatoms. The fourth-order valence-electron chi connectivity index (χ4n) is 3.06. The molecule has 0 aliphatic heterocycles. The fourth-order valence-corrected chi connectivity index (χ4v) is 3.06. The molecule has 0 atom stereocenters. The van der Waals surface area contributed by atoms with Crippen molar-refractivity contribution < 1.29 is 18.7 Å². The lowest BCUT2D eigenvalue weighted by molar-refractivity contribution is 0.0604. The number of benzene rings is 2. The predicted molar refractivity (Wildman–Crippen MR) is 100.0 cm³/mol. The number of nitrogens with one attached hydrogen (secondary N) is 1. The van der Waals surface area contributed by atoms with Crippen molar-refractivity contribution in [3.63, 3.8) is 0 Å². The van der Waals surface area contributed by atoms with Crippen molar-refractivity contribution in [2.24, 2.45) is 0 Å². The Morgan fingerprint density at radius 1 is 1.26 bits per heavy atom. The van der Waals surface area contributed by atoms with E-state index in [-0.39, 0.29) is 5.75 Å². The van der Waals surface area contributed by atoms with Crippen molar-refractivity contribution in [2.45, 2.75) is 6.92 Å². The summed E-state index contributed by atoms with van der Waals surface area (Å²) in [7, 11) is 2.70. The first kappa shape index (κ1) is 18.3. The van der Waals surface area contributed by atoms with E-state index in [1.807, 2.05) is 6.92 Å². The Kier molecular flexibility index (Phi) is 4.99. The number of ether oxygens (including phenoxy) is 2. The summed E-state index contributed by atoms with van der Waals surface area (Å²) in [5.41, 5.74) is 1.96. The van der Waals surface area contributed by atoms with Gasteiger partial charge in [-0.2, -0.15) is 5.26 Å². The maximum absolute atomic E-state index is 14.2. The second-order valence-corrected chi connectivity index (χ2v) is 5.78. The van der Waals surface area contributed by atoms with Gasteiger partial charge in [-0.1, -0.05) is 6.07 Å². The number of aromatic amines is 1. The molecule has 3 rings (SSSR count). The molecule has 0 saturated carbocycles. The zero-order valence-electron chi connectivity index (χ0n) is 15.2. The van der Waals surface area contributed by atoms with Crippen molar-refractivity contribution in [1.29, 1.82) is 5.26 Å². The highest BCUT2D eigenvalue weighted by atomic mass is 19.1. The van der Waals surface area contributed by atoms with E-state index >= 15 is 0 Å². The Hall–Kier alpha value is -3.53. The summed E-state index contributed by atoms with van der Waals surface area (Å²) >= 11 is 0. The monoisotopic (exact) mass is 367 g/mol. The van der Waals surface area contributed by atoms with Gasteiger partial charge in [-0.15, -0.1) is 0 Å². The molecule has 2 aromatic carbocycles. The van der Waals surface area contributed by atoms with Crippen LogP contribution in [0.1, 0.15) is 22.8 Å². The number of esters is 1. The molecule has 0 fully saturated rings. The highest BCUT2D eigenvalue weighted by Gasteiger charge is 2.24. The first-order valence-corrected chi connectivity index (χ1v) is 8.29. The number of anilines is 2. The van der Waals surface area contributed by atoms with Crippen LogP contribution in [0.25, 0.3) is 10.9 Å². The first-order chi connectivity index (χ1) is 13.0. The molecule has 0 spiro atoms. The lowest BCUT2D eigenvalue weighted by Crippen LogP contribution is -2.19. The van der Waals surface area contributed by atoms with Gasteiger partial charge in [0.2, 0.25) is 0 Å². The molecule has 0 aliphatic rings. The lowest BCUT2D eigenvalue weighted by atomic mass is 10.1. The predicted octanol–water partition coefficient (Wildman–Crippen LogP) is 4.13. The van der Waals surface area contributed by atoms with Gasteiger partial charge in [0.1, 0.15) is 11.4 Å². The van der Waals surface area contributed by atoms with Crippen molar-refractivity contribution in [3.05, 3.63) is 53.3 Å². The average Bonchev–Trinajstić information content (AvgIpc) is 3.06. The highest BCUT2D eigenvalue weighted by Crippen LogP contribution is 2.35. The van der Waals surface area contributed by atoms with Gasteiger partial charge in [0, 0.05) is 29.2 Å². The van der Waals surface area contributed by atoms with Crippen molar-refractivity contribution >= 4 is 28.4 Å². The van der Waals surface area contributed by atoms with Gasteiger partial charge in [-0.05, 0) is 31.2 Å². The summed E-state index contributed by atoms with van der Waals surface area (Å²) in [6, 6.07) is 11.6. The van der Waals surface area contributed by atoms with E-state index in [0.29, 0.717) is 40.1 Å². The molecule has 1 N–H and O–H groups in total. The Morgan fingerprint density at radius 3 is 2.63 bits per heavy atom. The minimum Gasteiger partial charge on any atom is -0.494 e. The number of hydrogen-bond donors (Lipinski definition) is 1. The van der Waals surface area contributed by atoms with Gasteiger partial charge >= 0.3 is 5.97 Å². The topological polar surface area (TPSA) is 78.4 Å². The van der Waals surface area contributed by atoms with Crippen LogP contribution in [0.4, 0.5) is 15.9 Å². The quantitative estimate of drug-likeness (QED) is 0.686. The second kappa shape index (κ2) is 7.38. The Bertz CT molecular complexity index is 1050. The molecule has 3 aromatic rings. The second-order valence-electron chi connectivity index (χ2n) is 5.78. The molecule has 0 aliphatic carbocycles. The number of carbonyl (C=O) groups excluding carboxylic acids is 1. The van der Waals surface area contributed by atoms with E-state index in [2.05, 4.69) is 11.1 Å². The van der Waals surface area contributed by atoms with Gasteiger partial charge < -0.3 is 19.4 Å². The summed E-state index contributed by atoms with van der Waals surface area (Å²) in [6.45, 7) is 2.35. The highest BCUT2D eigenvalue weighted by molar-refractivity contribution is 6.10. The Balaban J connectivity index is 2.22. The van der Waals surface area contributed by atoms with Crippen LogP contribution in [0.2, 0.25) is 0 Å². The summed E-state index contributed by atoms with van der Waals surface area (Å²) in [6.07, 6.45) is 0. The zero-order chi connectivity index (χ0) is 19.6. The van der Waals surface area contributed by atoms with Gasteiger partial charge in [-0.3, -0.25) is 0 Å². The summed E-state index contributed by atoms with van der Waals surface area (Å²) < 4.78 is 24.1. The zero-order valence-corrected chi connectivity index (χ0v) is 15.2. The molecule has 1 aromatic heterocycles. The van der Waals surface area contributed by atoms with E-state index in [0.717, 1.165) is 0 Å². The summed E-state index contributed by atoms with van der Waals surface area (Å²) in [4.78, 5) is 17.4. The third-order valence-corrected chi connectivity index (χ3v) is 4.33. The van der Waals surface area contributed by atoms with Crippen molar-refractivity contribution in [2.75, 3.05) is 25.7 Å². The third kappa shape index (κ3) is 3.17. The first-order valence-electron chi connectivity index (χ1n) is 8.29. The molecule has 0 bridgehead atoms. The van der Waals surface area contributed by atoms with Gasteiger partial charge in [0.15, 0.2) is 11.6 Å². The van der Waals surface area contributed by atoms with Crippen LogP contribution >= 0.6 is 0 Å². The van der Waals surface area contributed by atoms with Gasteiger partial charge in [-0.25, -0.2) is 9.18 Å². The Labute approximate surface area is 155 Å². The Morgan fingerprint density at radius 2 is 2.04 bits per heavy atom. The SMILES string of the molecule is CCN(c1ccc(OC)c(F)c1)c1[nH]c2cc(C#N)ccc2c1C(=O)OC. The van der Waals surface area contributed by atoms with Gasteiger partial charge in [0.25, 0.3) is 0 Å². The number of fused-ring (bicyclic) bond motifs is 1. The number of carbonyl (C=O) groups is 1. The number of rotatable bonds is 5. The minimum absolute atomic E-state index is 0.137. The van der Waals surface area contributed by atoms with E-state index in [9.17, 15) is 9.18 Å². The van der Waals surface area contributed by atoms with E-state index in [1.54, 1.807) is 29.2 Å². The maximum atomic E-state index is 14.2. The molecule has 0 saturated heterocycles. The normalized spacial score (nSPS) is 10.5. The molecule has 0 radical (unpaired) electrons. The maximum Gasteiger partial charge on any atom is 0.342 e. The molecule has 6 nitrogen and oxygen atoms in total. The minimum atomic E-state index is -0.520.